The molecule has 10 aromatic rings. The van der Waals surface area contributed by atoms with E-state index in [2.05, 4.69) is 133 Å². The first-order valence-electron chi connectivity index (χ1n) is 19.3. The molecule has 272 valence electrons. The molecule has 0 radical (unpaired) electrons. The van der Waals surface area contributed by atoms with Crippen LogP contribution in [0.5, 0.6) is 11.5 Å². The van der Waals surface area contributed by atoms with E-state index in [9.17, 15) is 0 Å². The molecule has 0 spiro atoms. The standard InChI is InChI=1S/C53H33N3O2/c1-3-13-34(14-4-1)35-23-28-39(29-24-35)52-54-51(38-16-5-2-6-17-38)55-53(56-52)40-30-27-37-26-25-36-15-7-8-18-41(36)42-19-9-11-21-47(42)57-50-32-45-43-20-10-12-22-48(43)58-49(45)33-46(50)44(37)31-40/h1-33H/b26-25-. The average Bonchev–Trinajstić information content (AvgIpc) is 3.65. The van der Waals surface area contributed by atoms with Crippen molar-refractivity contribution in [1.29, 1.82) is 0 Å². The Hall–Kier alpha value is -7.89. The van der Waals surface area contributed by atoms with Crippen molar-refractivity contribution < 1.29 is 9.15 Å². The first-order valence-corrected chi connectivity index (χ1v) is 19.3. The molecule has 8 aromatic carbocycles. The highest BCUT2D eigenvalue weighted by atomic mass is 16.5. The lowest BCUT2D eigenvalue weighted by atomic mass is 9.94. The van der Waals surface area contributed by atoms with Gasteiger partial charge in [-0.1, -0.05) is 170 Å². The van der Waals surface area contributed by atoms with Crippen LogP contribution in [-0.2, 0) is 0 Å². The predicted octanol–water partition coefficient (Wildman–Crippen LogP) is 14.0. The summed E-state index contributed by atoms with van der Waals surface area (Å²) in [5, 5.41) is 2.02. The number of hydrogen-bond donors (Lipinski definition) is 0. The van der Waals surface area contributed by atoms with Gasteiger partial charge in [0, 0.05) is 38.6 Å². The molecule has 0 fully saturated rings. The van der Waals surface area contributed by atoms with Gasteiger partial charge in [-0.2, -0.15) is 0 Å². The lowest BCUT2D eigenvalue weighted by Crippen LogP contribution is -2.00. The zero-order chi connectivity index (χ0) is 38.4. The molecule has 0 atom stereocenters. The summed E-state index contributed by atoms with van der Waals surface area (Å²) in [5.41, 5.74) is 12.6. The predicted molar refractivity (Wildman–Crippen MR) is 235 cm³/mol. The van der Waals surface area contributed by atoms with Gasteiger partial charge in [0.15, 0.2) is 17.5 Å². The summed E-state index contributed by atoms with van der Waals surface area (Å²) in [7, 11) is 0. The quantitative estimate of drug-likeness (QED) is 0.180. The Kier molecular flexibility index (Phi) is 8.07. The van der Waals surface area contributed by atoms with Crippen LogP contribution in [0.1, 0.15) is 11.1 Å². The van der Waals surface area contributed by atoms with Crippen molar-refractivity contribution in [1.82, 2.24) is 15.0 Å². The van der Waals surface area contributed by atoms with E-state index in [1.54, 1.807) is 0 Å². The molecule has 0 saturated heterocycles. The van der Waals surface area contributed by atoms with E-state index in [-0.39, 0.29) is 0 Å². The fourth-order valence-electron chi connectivity index (χ4n) is 7.88. The summed E-state index contributed by atoms with van der Waals surface area (Å²) in [4.78, 5) is 15.3. The summed E-state index contributed by atoms with van der Waals surface area (Å²) >= 11 is 0. The molecule has 5 heteroatoms. The van der Waals surface area contributed by atoms with Gasteiger partial charge in [0.25, 0.3) is 0 Å². The lowest BCUT2D eigenvalue weighted by Gasteiger charge is -2.17. The van der Waals surface area contributed by atoms with Gasteiger partial charge in [-0.05, 0) is 63.7 Å². The van der Waals surface area contributed by atoms with Crippen molar-refractivity contribution in [2.75, 3.05) is 0 Å². The van der Waals surface area contributed by atoms with Crippen LogP contribution in [0.2, 0.25) is 0 Å². The van der Waals surface area contributed by atoms with E-state index in [1.807, 2.05) is 66.7 Å². The fourth-order valence-corrected chi connectivity index (χ4v) is 7.88. The van der Waals surface area contributed by atoms with Gasteiger partial charge in [-0.3, -0.25) is 0 Å². The zero-order valence-electron chi connectivity index (χ0n) is 31.2. The van der Waals surface area contributed by atoms with Crippen LogP contribution in [0.4, 0.5) is 0 Å². The number of ether oxygens (including phenoxy) is 1. The molecule has 11 rings (SSSR count). The third-order valence-electron chi connectivity index (χ3n) is 10.8. The van der Waals surface area contributed by atoms with Crippen molar-refractivity contribution in [3.05, 3.63) is 199 Å². The summed E-state index contributed by atoms with van der Waals surface area (Å²) in [6.45, 7) is 0. The number of benzene rings is 8. The van der Waals surface area contributed by atoms with E-state index in [4.69, 9.17) is 24.1 Å². The Morgan fingerprint density at radius 3 is 1.64 bits per heavy atom. The largest absolute Gasteiger partial charge is 0.456 e. The lowest BCUT2D eigenvalue weighted by molar-refractivity contribution is 0.487. The molecule has 0 saturated carbocycles. The van der Waals surface area contributed by atoms with Crippen molar-refractivity contribution in [3.8, 4) is 79.0 Å². The molecule has 0 aliphatic carbocycles. The Morgan fingerprint density at radius 2 is 0.862 bits per heavy atom. The monoisotopic (exact) mass is 743 g/mol. The van der Waals surface area contributed by atoms with Gasteiger partial charge in [0.05, 0.1) is 0 Å². The number of aromatic nitrogens is 3. The maximum absolute atomic E-state index is 7.04. The molecular formula is C53H33N3O2. The van der Waals surface area contributed by atoms with Crippen LogP contribution in [-0.4, -0.2) is 15.0 Å². The molecular weight excluding hydrogens is 711 g/mol. The maximum Gasteiger partial charge on any atom is 0.164 e. The summed E-state index contributed by atoms with van der Waals surface area (Å²) in [5.74, 6) is 3.26. The minimum Gasteiger partial charge on any atom is -0.456 e. The fraction of sp³-hybridized carbons (Fsp3) is 0. The summed E-state index contributed by atoms with van der Waals surface area (Å²) in [6.07, 6.45) is 4.37. The topological polar surface area (TPSA) is 61.0 Å². The van der Waals surface area contributed by atoms with Crippen molar-refractivity contribution in [2.45, 2.75) is 0 Å². The third kappa shape index (κ3) is 6.03. The molecule has 2 aromatic heterocycles. The van der Waals surface area contributed by atoms with Crippen LogP contribution in [0, 0.1) is 0 Å². The molecule has 0 unspecified atom stereocenters. The second-order valence-corrected chi connectivity index (χ2v) is 14.4. The van der Waals surface area contributed by atoms with E-state index in [1.165, 1.54) is 0 Å². The number of fused-ring (bicyclic) bond motifs is 9. The Balaban J connectivity index is 1.13. The number of furan rings is 1. The first kappa shape index (κ1) is 33.4. The second-order valence-electron chi connectivity index (χ2n) is 14.4. The van der Waals surface area contributed by atoms with Crippen molar-refractivity contribution >= 4 is 34.1 Å². The van der Waals surface area contributed by atoms with Gasteiger partial charge >= 0.3 is 0 Å². The Morgan fingerprint density at radius 1 is 0.310 bits per heavy atom. The van der Waals surface area contributed by atoms with Gasteiger partial charge < -0.3 is 9.15 Å². The molecule has 3 heterocycles. The Bertz CT molecular complexity index is 3190. The normalized spacial score (nSPS) is 12.4. The van der Waals surface area contributed by atoms with Crippen LogP contribution in [0.25, 0.3) is 102 Å². The van der Waals surface area contributed by atoms with Gasteiger partial charge in [0.1, 0.15) is 22.7 Å². The van der Waals surface area contributed by atoms with Crippen molar-refractivity contribution in [2.24, 2.45) is 0 Å². The third-order valence-corrected chi connectivity index (χ3v) is 10.8. The van der Waals surface area contributed by atoms with Crippen LogP contribution in [0.15, 0.2) is 192 Å². The average molecular weight is 744 g/mol. The maximum atomic E-state index is 7.04. The number of para-hydroxylation sites is 2. The first-order chi connectivity index (χ1) is 28.7. The van der Waals surface area contributed by atoms with Crippen molar-refractivity contribution in [3.63, 3.8) is 0 Å². The van der Waals surface area contributed by atoms with E-state index >= 15 is 0 Å². The minimum absolute atomic E-state index is 0.569. The second kappa shape index (κ2) is 14.0. The molecule has 0 bridgehead atoms. The van der Waals surface area contributed by atoms with E-state index in [0.717, 1.165) is 94.6 Å². The number of rotatable bonds is 4. The van der Waals surface area contributed by atoms with E-state index < -0.39 is 0 Å². The molecule has 5 nitrogen and oxygen atoms in total. The molecule has 0 amide bonds. The van der Waals surface area contributed by atoms with E-state index in [0.29, 0.717) is 17.5 Å². The van der Waals surface area contributed by atoms with Gasteiger partial charge in [-0.25, -0.2) is 15.0 Å². The number of hydrogen-bond acceptors (Lipinski definition) is 5. The SMILES string of the molecule is C1=C\c2ccc(-c3nc(-c4ccccc4)nc(-c4ccc(-c5ccccc5)cc4)n3)cc2-c2cc3oc4ccccc4c3cc2Oc2ccccc2-c2ccccc2/1. The van der Waals surface area contributed by atoms with Gasteiger partial charge in [0.2, 0.25) is 0 Å². The highest BCUT2D eigenvalue weighted by Crippen LogP contribution is 2.45. The van der Waals surface area contributed by atoms with Crippen LogP contribution < -0.4 is 4.74 Å². The van der Waals surface area contributed by atoms with Crippen LogP contribution in [0.3, 0.4) is 0 Å². The number of nitrogens with zero attached hydrogens (tertiary/aromatic N) is 3. The summed E-state index contributed by atoms with van der Waals surface area (Å²) in [6, 6.07) is 64.3. The molecule has 1 aliphatic rings. The molecule has 0 N–H and O–H groups in total. The smallest absolute Gasteiger partial charge is 0.164 e. The highest BCUT2D eigenvalue weighted by molar-refractivity contribution is 6.07. The summed E-state index contributed by atoms with van der Waals surface area (Å²) < 4.78 is 13.5. The molecule has 58 heavy (non-hydrogen) atoms. The zero-order valence-corrected chi connectivity index (χ0v) is 31.2. The van der Waals surface area contributed by atoms with Gasteiger partial charge in [-0.15, -0.1) is 0 Å². The highest BCUT2D eigenvalue weighted by Gasteiger charge is 2.21. The van der Waals surface area contributed by atoms with Crippen LogP contribution >= 0.6 is 0 Å². The molecule has 1 aliphatic heterocycles. The Labute approximate surface area is 335 Å². The minimum atomic E-state index is 0.569.